The van der Waals surface area contributed by atoms with E-state index in [0.717, 1.165) is 37.5 Å². The second-order valence-corrected chi connectivity index (χ2v) is 4.71. The minimum atomic E-state index is -0.692. The van der Waals surface area contributed by atoms with Crippen molar-refractivity contribution in [3.8, 4) is 0 Å². The Balaban J connectivity index is 1.99. The predicted molar refractivity (Wildman–Crippen MR) is 63.6 cm³/mol. The van der Waals surface area contributed by atoms with Crippen LogP contribution in [0.25, 0.3) is 0 Å². The molecule has 2 N–H and O–H groups in total. The summed E-state index contributed by atoms with van der Waals surface area (Å²) in [5.41, 5.74) is -0.505. The molecule has 0 spiro atoms. The van der Waals surface area contributed by atoms with Crippen LogP contribution >= 0.6 is 0 Å². The first-order valence-corrected chi connectivity index (χ1v) is 5.86. The molecule has 0 heterocycles. The molecule has 18 heavy (non-hydrogen) atoms. The molecule has 0 bridgehead atoms. The molecule has 0 amide bonds. The lowest BCUT2D eigenvalue weighted by Gasteiger charge is -2.36. The molecule has 1 fully saturated rings. The van der Waals surface area contributed by atoms with E-state index >= 15 is 0 Å². The topological polar surface area (TPSA) is 75.4 Å². The maximum absolute atomic E-state index is 13.0. The molecule has 1 saturated carbocycles. The first kappa shape index (κ1) is 12.9. The zero-order valence-electron chi connectivity index (χ0n) is 9.86. The largest absolute Gasteiger partial charge is 0.389 e. The molecule has 0 radical (unpaired) electrons. The van der Waals surface area contributed by atoms with Gasteiger partial charge in [-0.3, -0.25) is 10.1 Å². The van der Waals surface area contributed by atoms with Crippen LogP contribution in [0.5, 0.6) is 0 Å². The van der Waals surface area contributed by atoms with E-state index in [1.165, 1.54) is 0 Å². The zero-order chi connectivity index (χ0) is 13.2. The van der Waals surface area contributed by atoms with Crippen molar-refractivity contribution in [2.45, 2.75) is 31.4 Å². The highest BCUT2D eigenvalue weighted by atomic mass is 19.1. The van der Waals surface area contributed by atoms with Crippen LogP contribution in [0, 0.1) is 15.9 Å². The molecule has 1 aromatic rings. The van der Waals surface area contributed by atoms with Crippen LogP contribution < -0.4 is 5.32 Å². The molecule has 0 saturated heterocycles. The van der Waals surface area contributed by atoms with Crippen LogP contribution in [0.3, 0.4) is 0 Å². The second-order valence-electron chi connectivity index (χ2n) is 4.71. The van der Waals surface area contributed by atoms with Crippen LogP contribution in [-0.4, -0.2) is 22.2 Å². The summed E-state index contributed by atoms with van der Waals surface area (Å²) in [4.78, 5) is 10.2. The summed E-state index contributed by atoms with van der Waals surface area (Å²) in [6.45, 7) is 0.553. The van der Waals surface area contributed by atoms with Gasteiger partial charge in [-0.15, -0.1) is 0 Å². The fraction of sp³-hybridized carbons (Fsp3) is 0.500. The van der Waals surface area contributed by atoms with Gasteiger partial charge in [-0.05, 0) is 31.4 Å². The maximum Gasteiger partial charge on any atom is 0.274 e. The summed E-state index contributed by atoms with van der Waals surface area (Å²) in [6, 6.07) is 3.38. The minimum Gasteiger partial charge on any atom is -0.389 e. The number of aliphatic hydroxyl groups is 1. The van der Waals surface area contributed by atoms with E-state index in [-0.39, 0.29) is 12.2 Å². The van der Waals surface area contributed by atoms with Crippen molar-refractivity contribution in [3.05, 3.63) is 39.7 Å². The van der Waals surface area contributed by atoms with E-state index in [4.69, 9.17) is 0 Å². The summed E-state index contributed by atoms with van der Waals surface area (Å²) in [6.07, 6.45) is 2.48. The quantitative estimate of drug-likeness (QED) is 0.620. The number of benzene rings is 1. The highest BCUT2D eigenvalue weighted by Crippen LogP contribution is 2.30. The van der Waals surface area contributed by atoms with Crippen molar-refractivity contribution >= 4 is 5.69 Å². The van der Waals surface area contributed by atoms with Gasteiger partial charge < -0.3 is 10.4 Å². The SMILES string of the molecule is O=[N+]([O-])c1ccc(F)cc1CNCC1(O)CCC1. The van der Waals surface area contributed by atoms with Crippen molar-refractivity contribution in [2.75, 3.05) is 6.54 Å². The van der Waals surface area contributed by atoms with Gasteiger partial charge in [0, 0.05) is 24.7 Å². The third kappa shape index (κ3) is 2.83. The molecule has 5 nitrogen and oxygen atoms in total. The van der Waals surface area contributed by atoms with Crippen molar-refractivity contribution in [3.63, 3.8) is 0 Å². The first-order chi connectivity index (χ1) is 8.50. The smallest absolute Gasteiger partial charge is 0.274 e. The Morgan fingerprint density at radius 1 is 1.50 bits per heavy atom. The van der Waals surface area contributed by atoms with Gasteiger partial charge in [0.25, 0.3) is 5.69 Å². The Hall–Kier alpha value is -1.53. The highest BCUT2D eigenvalue weighted by Gasteiger charge is 2.33. The molecular weight excluding hydrogens is 239 g/mol. The van der Waals surface area contributed by atoms with Gasteiger partial charge in [0.05, 0.1) is 10.5 Å². The van der Waals surface area contributed by atoms with E-state index in [9.17, 15) is 19.6 Å². The van der Waals surface area contributed by atoms with Gasteiger partial charge in [0.1, 0.15) is 5.82 Å². The van der Waals surface area contributed by atoms with Crippen LogP contribution in [0.15, 0.2) is 18.2 Å². The number of rotatable bonds is 5. The number of nitrogens with zero attached hydrogens (tertiary/aromatic N) is 1. The van der Waals surface area contributed by atoms with Crippen LogP contribution in [-0.2, 0) is 6.54 Å². The van der Waals surface area contributed by atoms with Gasteiger partial charge in [-0.1, -0.05) is 0 Å². The molecule has 1 aliphatic rings. The standard InChI is InChI=1S/C12H15FN2O3/c13-10-2-3-11(15(17)18)9(6-10)7-14-8-12(16)4-1-5-12/h2-3,6,14,16H,1,4-5,7-8H2. The lowest BCUT2D eigenvalue weighted by Crippen LogP contribution is -2.46. The second kappa shape index (κ2) is 4.99. The normalized spacial score (nSPS) is 17.2. The van der Waals surface area contributed by atoms with Gasteiger partial charge in [0.15, 0.2) is 0 Å². The lowest BCUT2D eigenvalue weighted by molar-refractivity contribution is -0.385. The van der Waals surface area contributed by atoms with Crippen LogP contribution in [0.4, 0.5) is 10.1 Å². The summed E-state index contributed by atoms with van der Waals surface area (Å²) < 4.78 is 13.0. The van der Waals surface area contributed by atoms with E-state index in [1.807, 2.05) is 0 Å². The molecule has 1 aliphatic carbocycles. The van der Waals surface area contributed by atoms with Gasteiger partial charge in [-0.25, -0.2) is 4.39 Å². The summed E-state index contributed by atoms with van der Waals surface area (Å²) in [5.74, 6) is -0.500. The Morgan fingerprint density at radius 2 is 2.22 bits per heavy atom. The molecule has 0 atom stereocenters. The number of hydrogen-bond acceptors (Lipinski definition) is 4. The summed E-state index contributed by atoms with van der Waals surface area (Å²) in [5, 5.41) is 23.6. The van der Waals surface area contributed by atoms with Gasteiger partial charge in [0.2, 0.25) is 0 Å². The number of halogens is 1. The van der Waals surface area contributed by atoms with E-state index < -0.39 is 16.3 Å². The highest BCUT2D eigenvalue weighted by molar-refractivity contribution is 5.40. The molecule has 0 aromatic heterocycles. The molecular formula is C12H15FN2O3. The molecule has 6 heteroatoms. The molecule has 0 unspecified atom stereocenters. The number of hydrogen-bond donors (Lipinski definition) is 2. The first-order valence-electron chi connectivity index (χ1n) is 5.86. The summed E-state index contributed by atoms with van der Waals surface area (Å²) in [7, 11) is 0. The van der Waals surface area contributed by atoms with Gasteiger partial charge >= 0.3 is 0 Å². The van der Waals surface area contributed by atoms with E-state index in [1.54, 1.807) is 0 Å². The van der Waals surface area contributed by atoms with Crippen LogP contribution in [0.2, 0.25) is 0 Å². The molecule has 0 aliphatic heterocycles. The average molecular weight is 254 g/mol. The number of nitrogens with one attached hydrogen (secondary N) is 1. The summed E-state index contributed by atoms with van der Waals surface area (Å²) >= 11 is 0. The van der Waals surface area contributed by atoms with E-state index in [0.29, 0.717) is 12.1 Å². The Kier molecular flexibility index (Phi) is 3.58. The predicted octanol–water partition coefficient (Wildman–Crippen LogP) is 1.74. The van der Waals surface area contributed by atoms with Gasteiger partial charge in [-0.2, -0.15) is 0 Å². The van der Waals surface area contributed by atoms with Crippen molar-refractivity contribution in [2.24, 2.45) is 0 Å². The Bertz CT molecular complexity index is 461. The third-order valence-electron chi connectivity index (χ3n) is 3.29. The monoisotopic (exact) mass is 254 g/mol. The molecule has 2 rings (SSSR count). The fourth-order valence-corrected chi connectivity index (χ4v) is 2.07. The fourth-order valence-electron chi connectivity index (χ4n) is 2.07. The molecule has 1 aromatic carbocycles. The average Bonchev–Trinajstić information content (AvgIpc) is 2.26. The van der Waals surface area contributed by atoms with Crippen molar-refractivity contribution in [1.82, 2.24) is 5.32 Å². The number of nitro groups is 1. The van der Waals surface area contributed by atoms with Crippen molar-refractivity contribution in [1.29, 1.82) is 0 Å². The maximum atomic E-state index is 13.0. The number of nitro benzene ring substituents is 1. The van der Waals surface area contributed by atoms with E-state index in [2.05, 4.69) is 5.32 Å². The zero-order valence-corrected chi connectivity index (χ0v) is 9.86. The third-order valence-corrected chi connectivity index (χ3v) is 3.29. The van der Waals surface area contributed by atoms with Crippen molar-refractivity contribution < 1.29 is 14.4 Å². The lowest BCUT2D eigenvalue weighted by atomic mass is 9.80. The van der Waals surface area contributed by atoms with Crippen LogP contribution in [0.1, 0.15) is 24.8 Å². The molecule has 98 valence electrons. The minimum absolute atomic E-state index is 0.107. The Morgan fingerprint density at radius 3 is 2.78 bits per heavy atom. The Labute approximate surface area is 104 Å².